The van der Waals surface area contributed by atoms with Gasteiger partial charge in [-0.05, 0) is 18.9 Å². The van der Waals surface area contributed by atoms with Crippen LogP contribution in [0, 0.1) is 5.21 Å². The number of hydroxylamine groups is 1. The first kappa shape index (κ1) is 15.9. The zero-order valence-electron chi connectivity index (χ0n) is 12.9. The van der Waals surface area contributed by atoms with Gasteiger partial charge in [-0.3, -0.25) is 4.65 Å². The SMILES string of the molecule is CCCCC1=C(P(=O)=O)[N+]([O-])(c2ccccc2)c2ccccc21. The number of para-hydroxylation sites is 2. The Labute approximate surface area is 136 Å². The lowest BCUT2D eigenvalue weighted by Gasteiger charge is -2.37. The Morgan fingerprint density at radius 1 is 1.00 bits per heavy atom. The van der Waals surface area contributed by atoms with E-state index in [1.165, 1.54) is 0 Å². The van der Waals surface area contributed by atoms with Gasteiger partial charge in [0, 0.05) is 29.3 Å². The van der Waals surface area contributed by atoms with Crippen LogP contribution in [0.15, 0.2) is 60.0 Å². The first-order valence-electron chi connectivity index (χ1n) is 7.74. The summed E-state index contributed by atoms with van der Waals surface area (Å²) in [6.07, 6.45) is 2.39. The molecule has 0 aliphatic carbocycles. The van der Waals surface area contributed by atoms with Crippen molar-refractivity contribution in [3.63, 3.8) is 0 Å². The molecule has 0 fully saturated rings. The molecule has 23 heavy (non-hydrogen) atoms. The van der Waals surface area contributed by atoms with Gasteiger partial charge in [0.15, 0.2) is 5.69 Å². The molecule has 3 rings (SSSR count). The summed E-state index contributed by atoms with van der Waals surface area (Å²) >= 11 is 0. The summed E-state index contributed by atoms with van der Waals surface area (Å²) in [5.41, 5.74) is 2.28. The standard InChI is InChI=1S/C18H18NO3P/c1-2-3-11-16-15-12-7-8-13-17(15)19(20,18(16)23(21)22)14-9-5-4-6-10-14/h4-10,12-13H,2-3,11H2,1H3. The molecule has 1 unspecified atom stereocenters. The van der Waals surface area contributed by atoms with E-state index >= 15 is 0 Å². The molecule has 0 N–H and O–H groups in total. The highest BCUT2D eigenvalue weighted by Crippen LogP contribution is 2.56. The highest BCUT2D eigenvalue weighted by molar-refractivity contribution is 7.36. The monoisotopic (exact) mass is 327 g/mol. The van der Waals surface area contributed by atoms with E-state index in [0.717, 1.165) is 18.4 Å². The third kappa shape index (κ3) is 2.49. The molecule has 0 spiro atoms. The number of rotatable bonds is 5. The summed E-state index contributed by atoms with van der Waals surface area (Å²) in [6.45, 7) is 2.05. The largest absolute Gasteiger partial charge is 0.616 e. The number of unbranched alkanes of at least 4 members (excludes halogenated alkanes) is 1. The average molecular weight is 327 g/mol. The average Bonchev–Trinajstić information content (AvgIpc) is 2.84. The smallest absolute Gasteiger partial charge is 0.405 e. The fourth-order valence-corrected chi connectivity index (χ4v) is 4.06. The molecule has 0 amide bonds. The minimum Gasteiger partial charge on any atom is -0.616 e. The van der Waals surface area contributed by atoms with Crippen LogP contribution >= 0.6 is 7.68 Å². The highest BCUT2D eigenvalue weighted by atomic mass is 31.1. The van der Waals surface area contributed by atoms with Gasteiger partial charge in [-0.25, -0.2) is 9.13 Å². The molecule has 2 aromatic carbocycles. The van der Waals surface area contributed by atoms with Crippen molar-refractivity contribution in [1.82, 2.24) is 4.65 Å². The van der Waals surface area contributed by atoms with Crippen LogP contribution in [0.2, 0.25) is 0 Å². The topological polar surface area (TPSA) is 57.2 Å². The molecule has 1 heterocycles. The summed E-state index contributed by atoms with van der Waals surface area (Å²) in [7, 11) is -2.98. The van der Waals surface area contributed by atoms with E-state index in [2.05, 4.69) is 6.92 Å². The van der Waals surface area contributed by atoms with Crippen LogP contribution in [0.3, 0.4) is 0 Å². The second kappa shape index (κ2) is 6.25. The van der Waals surface area contributed by atoms with Crippen molar-refractivity contribution in [2.24, 2.45) is 0 Å². The predicted molar refractivity (Wildman–Crippen MR) is 92.4 cm³/mol. The maximum absolute atomic E-state index is 13.8. The number of fused-ring (bicyclic) bond motifs is 1. The van der Waals surface area contributed by atoms with E-state index in [9.17, 15) is 14.3 Å². The van der Waals surface area contributed by atoms with Crippen molar-refractivity contribution in [3.05, 3.63) is 70.8 Å². The van der Waals surface area contributed by atoms with Crippen molar-refractivity contribution >= 4 is 24.6 Å². The Kier molecular flexibility index (Phi) is 4.31. The fraction of sp³-hybridized carbons (Fsp3) is 0.222. The third-order valence-electron chi connectivity index (χ3n) is 4.21. The summed E-state index contributed by atoms with van der Waals surface area (Å²) in [5, 5.41) is 13.8. The van der Waals surface area contributed by atoms with Gasteiger partial charge in [0.1, 0.15) is 5.69 Å². The number of quaternary nitrogens is 1. The van der Waals surface area contributed by atoms with Gasteiger partial charge in [-0.2, -0.15) is 0 Å². The maximum atomic E-state index is 13.8. The summed E-state index contributed by atoms with van der Waals surface area (Å²) in [4.78, 5) is 0. The van der Waals surface area contributed by atoms with E-state index in [1.54, 1.807) is 36.4 Å². The molecule has 1 aliphatic rings. The Morgan fingerprint density at radius 2 is 1.65 bits per heavy atom. The Morgan fingerprint density at radius 3 is 2.30 bits per heavy atom. The van der Waals surface area contributed by atoms with Crippen molar-refractivity contribution in [1.29, 1.82) is 0 Å². The van der Waals surface area contributed by atoms with Gasteiger partial charge in [0.25, 0.3) is 0 Å². The Balaban J connectivity index is 2.31. The minimum absolute atomic E-state index is 0.0409. The van der Waals surface area contributed by atoms with Crippen LogP contribution in [-0.4, -0.2) is 0 Å². The first-order valence-corrected chi connectivity index (χ1v) is 8.92. The molecular weight excluding hydrogens is 309 g/mol. The van der Waals surface area contributed by atoms with Gasteiger partial charge >= 0.3 is 7.68 Å². The summed E-state index contributed by atoms with van der Waals surface area (Å²) in [6, 6.07) is 15.9. The van der Waals surface area contributed by atoms with Crippen molar-refractivity contribution in [3.8, 4) is 0 Å². The van der Waals surface area contributed by atoms with E-state index in [-0.39, 0.29) is 5.44 Å². The Bertz CT molecular complexity index is 819. The minimum atomic E-state index is -2.98. The molecule has 0 saturated heterocycles. The van der Waals surface area contributed by atoms with Gasteiger partial charge in [-0.1, -0.05) is 43.7 Å². The van der Waals surface area contributed by atoms with Crippen LogP contribution < -0.4 is 4.65 Å². The van der Waals surface area contributed by atoms with Crippen LogP contribution in [0.4, 0.5) is 11.4 Å². The second-order valence-electron chi connectivity index (χ2n) is 5.62. The van der Waals surface area contributed by atoms with Crippen molar-refractivity contribution in [2.75, 3.05) is 0 Å². The van der Waals surface area contributed by atoms with Gasteiger partial charge in [-0.15, -0.1) is 0 Å². The maximum Gasteiger partial charge on any atom is 0.405 e. The fourth-order valence-electron chi connectivity index (χ4n) is 3.15. The molecule has 0 aromatic heterocycles. The van der Waals surface area contributed by atoms with Crippen LogP contribution in [0.25, 0.3) is 5.57 Å². The third-order valence-corrected chi connectivity index (χ3v) is 5.11. The van der Waals surface area contributed by atoms with Crippen LogP contribution in [-0.2, 0) is 9.13 Å². The van der Waals surface area contributed by atoms with Gasteiger partial charge < -0.3 is 5.21 Å². The zero-order valence-corrected chi connectivity index (χ0v) is 13.8. The molecule has 5 heteroatoms. The molecule has 0 saturated carbocycles. The lowest BCUT2D eigenvalue weighted by molar-refractivity contribution is 0.510. The molecule has 0 bridgehead atoms. The zero-order chi connectivity index (χ0) is 16.4. The van der Waals surface area contributed by atoms with Crippen molar-refractivity contribution < 1.29 is 9.13 Å². The van der Waals surface area contributed by atoms with Gasteiger partial charge in [0.05, 0.1) is 0 Å². The van der Waals surface area contributed by atoms with Gasteiger partial charge in [0.2, 0.25) is 5.44 Å². The Hall–Kier alpha value is -2.00. The number of hydrogen-bond donors (Lipinski definition) is 0. The van der Waals surface area contributed by atoms with E-state index in [0.29, 0.717) is 23.4 Å². The predicted octanol–water partition coefficient (Wildman–Crippen LogP) is 5.87. The lowest BCUT2D eigenvalue weighted by atomic mass is 10.0. The molecule has 0 radical (unpaired) electrons. The highest BCUT2D eigenvalue weighted by Gasteiger charge is 2.44. The number of nitrogens with zero attached hydrogens (tertiary/aromatic N) is 1. The van der Waals surface area contributed by atoms with E-state index < -0.39 is 12.3 Å². The molecule has 4 nitrogen and oxygen atoms in total. The molecule has 1 atom stereocenters. The normalized spacial score (nSPS) is 19.7. The van der Waals surface area contributed by atoms with E-state index in [1.807, 2.05) is 18.2 Å². The number of allylic oxidation sites excluding steroid dienone is 1. The van der Waals surface area contributed by atoms with Crippen LogP contribution in [0.5, 0.6) is 0 Å². The quantitative estimate of drug-likeness (QED) is 0.392. The molecular formula is C18H18NO3P. The van der Waals surface area contributed by atoms with Crippen LogP contribution in [0.1, 0.15) is 31.7 Å². The summed E-state index contributed by atoms with van der Waals surface area (Å²) in [5.74, 6) is 0. The second-order valence-corrected chi connectivity index (χ2v) is 6.56. The number of benzene rings is 2. The van der Waals surface area contributed by atoms with Crippen molar-refractivity contribution in [2.45, 2.75) is 26.2 Å². The van der Waals surface area contributed by atoms with E-state index in [4.69, 9.17) is 0 Å². The summed E-state index contributed by atoms with van der Waals surface area (Å²) < 4.78 is 23.0. The first-order chi connectivity index (χ1) is 11.1. The number of hydrogen-bond acceptors (Lipinski definition) is 3. The lowest BCUT2D eigenvalue weighted by Crippen LogP contribution is -2.32. The molecule has 1 aliphatic heterocycles. The molecule has 118 valence electrons. The molecule has 2 aromatic rings.